The number of ether oxygens (including phenoxy) is 2. The minimum atomic E-state index is -0.546. The van der Waals surface area contributed by atoms with Crippen LogP contribution in [-0.2, 0) is 0 Å². The predicted octanol–water partition coefficient (Wildman–Crippen LogP) is 2.92. The monoisotopic (exact) mass is 373 g/mol. The molecule has 0 amide bonds. The molecule has 7 nitrogen and oxygen atoms in total. The number of nitrogens with zero attached hydrogens (tertiary/aromatic N) is 2. The summed E-state index contributed by atoms with van der Waals surface area (Å²) in [6.45, 7) is 7.09. The van der Waals surface area contributed by atoms with Gasteiger partial charge in [-0.25, -0.2) is 15.2 Å². The van der Waals surface area contributed by atoms with E-state index in [0.29, 0.717) is 34.0 Å². The topological polar surface area (TPSA) is 113 Å². The summed E-state index contributed by atoms with van der Waals surface area (Å²) in [7, 11) is 1.51. The molecule has 0 saturated carbocycles. The van der Waals surface area contributed by atoms with Gasteiger partial charge in [-0.15, -0.1) is 0 Å². The highest BCUT2D eigenvalue weighted by Gasteiger charge is 2.18. The minimum absolute atomic E-state index is 0.178. The highest BCUT2D eigenvalue weighted by molar-refractivity contribution is 5.69. The number of allylic oxidation sites excluding steroid dienone is 1. The first kappa shape index (κ1) is 20.1. The van der Waals surface area contributed by atoms with Crippen LogP contribution in [0.4, 0.5) is 10.2 Å². The van der Waals surface area contributed by atoms with E-state index in [4.69, 9.17) is 26.8 Å². The number of benzene rings is 1. The van der Waals surface area contributed by atoms with E-state index in [0.717, 1.165) is 0 Å². The molecule has 1 aromatic heterocycles. The number of halogens is 1. The zero-order valence-electron chi connectivity index (χ0n) is 15.6. The molecule has 6 N–H and O–H groups in total. The summed E-state index contributed by atoms with van der Waals surface area (Å²) in [5.74, 6) is 6.50. The Morgan fingerprint density at radius 3 is 2.63 bits per heavy atom. The standard InChI is InChI=1S/C19H24FN5O2/c1-5-25(23)18(11(2)21)13-8-17(19(22)24-10-13)27-12(3)15-9-14(20)6-7-16(15)26-4/h5-10,12H,1,21,23H2,2-4H3,(H2,22,24)/b18-11-. The predicted molar refractivity (Wildman–Crippen MR) is 104 cm³/mol. The third kappa shape index (κ3) is 4.48. The Balaban J connectivity index is 2.41. The number of nitrogen functional groups attached to an aromatic ring is 1. The Labute approximate surface area is 157 Å². The molecule has 0 bridgehead atoms. The van der Waals surface area contributed by atoms with Crippen LogP contribution in [0.2, 0.25) is 0 Å². The van der Waals surface area contributed by atoms with Crippen molar-refractivity contribution in [2.75, 3.05) is 12.8 Å². The van der Waals surface area contributed by atoms with E-state index < -0.39 is 11.9 Å². The van der Waals surface area contributed by atoms with Gasteiger partial charge in [0.05, 0.1) is 12.8 Å². The van der Waals surface area contributed by atoms with Crippen LogP contribution in [0.5, 0.6) is 11.5 Å². The lowest BCUT2D eigenvalue weighted by Crippen LogP contribution is -2.25. The lowest BCUT2D eigenvalue weighted by Gasteiger charge is -2.22. The molecule has 1 unspecified atom stereocenters. The van der Waals surface area contributed by atoms with Gasteiger partial charge >= 0.3 is 0 Å². The minimum Gasteiger partial charge on any atom is -0.496 e. The average molecular weight is 373 g/mol. The third-order valence-corrected chi connectivity index (χ3v) is 3.92. The van der Waals surface area contributed by atoms with Gasteiger partial charge in [0, 0.05) is 29.2 Å². The highest BCUT2D eigenvalue weighted by atomic mass is 19.1. The molecule has 0 aliphatic rings. The number of hydrazine groups is 1. The number of hydrogen-bond donors (Lipinski definition) is 3. The second kappa shape index (κ2) is 8.41. The summed E-state index contributed by atoms with van der Waals surface area (Å²) in [6, 6.07) is 5.88. The fourth-order valence-electron chi connectivity index (χ4n) is 2.63. The normalized spacial score (nSPS) is 12.8. The molecule has 27 heavy (non-hydrogen) atoms. The van der Waals surface area contributed by atoms with E-state index in [2.05, 4.69) is 11.6 Å². The number of pyridine rings is 1. The van der Waals surface area contributed by atoms with Gasteiger partial charge in [0.2, 0.25) is 0 Å². The van der Waals surface area contributed by atoms with Crippen molar-refractivity contribution in [1.82, 2.24) is 9.99 Å². The smallest absolute Gasteiger partial charge is 0.166 e. The molecular weight excluding hydrogens is 349 g/mol. The summed E-state index contributed by atoms with van der Waals surface area (Å²) in [5, 5.41) is 1.28. The maximum atomic E-state index is 13.7. The van der Waals surface area contributed by atoms with Crippen LogP contribution in [0.1, 0.15) is 31.1 Å². The van der Waals surface area contributed by atoms with Gasteiger partial charge in [0.15, 0.2) is 11.6 Å². The van der Waals surface area contributed by atoms with Crippen molar-refractivity contribution in [2.45, 2.75) is 20.0 Å². The Kier molecular flexibility index (Phi) is 6.25. The molecule has 0 radical (unpaired) electrons. The third-order valence-electron chi connectivity index (χ3n) is 3.92. The summed E-state index contributed by atoms with van der Waals surface area (Å²) < 4.78 is 24.9. The SMILES string of the molecule is C=CN(N)/C(=C(/C)N)c1cnc(N)c(OC(C)c2cc(F)ccc2OC)c1. The van der Waals surface area contributed by atoms with E-state index in [1.807, 2.05) is 0 Å². The average Bonchev–Trinajstić information content (AvgIpc) is 2.63. The Morgan fingerprint density at radius 1 is 1.33 bits per heavy atom. The van der Waals surface area contributed by atoms with Crippen molar-refractivity contribution in [3.8, 4) is 11.5 Å². The molecule has 1 heterocycles. The highest BCUT2D eigenvalue weighted by Crippen LogP contribution is 2.33. The Hall–Kier alpha value is -3.26. The zero-order valence-corrected chi connectivity index (χ0v) is 15.6. The molecule has 0 aliphatic heterocycles. The van der Waals surface area contributed by atoms with Gasteiger partial charge in [-0.3, -0.25) is 5.01 Å². The molecular formula is C19H24FN5O2. The first-order chi connectivity index (χ1) is 12.8. The molecule has 0 spiro atoms. The van der Waals surface area contributed by atoms with Gasteiger partial charge in [-0.05, 0) is 38.1 Å². The van der Waals surface area contributed by atoms with Gasteiger partial charge in [0.1, 0.15) is 17.7 Å². The van der Waals surface area contributed by atoms with Crippen molar-refractivity contribution < 1.29 is 13.9 Å². The lowest BCUT2D eigenvalue weighted by atomic mass is 10.1. The Bertz CT molecular complexity index is 865. The van der Waals surface area contributed by atoms with Crippen molar-refractivity contribution in [3.63, 3.8) is 0 Å². The summed E-state index contributed by atoms with van der Waals surface area (Å²) in [6.07, 6.45) is 2.41. The molecule has 144 valence electrons. The van der Waals surface area contributed by atoms with Crippen LogP contribution in [0.3, 0.4) is 0 Å². The number of nitrogens with two attached hydrogens (primary N) is 3. The van der Waals surface area contributed by atoms with E-state index in [9.17, 15) is 4.39 Å². The molecule has 0 fully saturated rings. The van der Waals surface area contributed by atoms with Crippen LogP contribution >= 0.6 is 0 Å². The van der Waals surface area contributed by atoms with Gasteiger partial charge in [0.25, 0.3) is 0 Å². The quantitative estimate of drug-likeness (QED) is 0.505. The molecule has 1 aromatic carbocycles. The lowest BCUT2D eigenvalue weighted by molar-refractivity contribution is 0.221. The largest absolute Gasteiger partial charge is 0.496 e. The first-order valence-corrected chi connectivity index (χ1v) is 8.17. The van der Waals surface area contributed by atoms with Gasteiger partial charge in [-0.1, -0.05) is 6.58 Å². The van der Waals surface area contributed by atoms with Crippen molar-refractivity contribution in [2.24, 2.45) is 11.6 Å². The number of rotatable bonds is 7. The van der Waals surface area contributed by atoms with Crippen molar-refractivity contribution >= 4 is 11.5 Å². The molecule has 1 atom stereocenters. The van der Waals surface area contributed by atoms with Gasteiger partial charge < -0.3 is 20.9 Å². The van der Waals surface area contributed by atoms with Crippen molar-refractivity contribution in [1.29, 1.82) is 0 Å². The second-order valence-electron chi connectivity index (χ2n) is 5.88. The van der Waals surface area contributed by atoms with E-state index >= 15 is 0 Å². The summed E-state index contributed by atoms with van der Waals surface area (Å²) in [4.78, 5) is 4.15. The van der Waals surface area contributed by atoms with Crippen LogP contribution in [0, 0.1) is 5.82 Å². The van der Waals surface area contributed by atoms with Crippen LogP contribution in [0.25, 0.3) is 5.70 Å². The maximum absolute atomic E-state index is 13.7. The number of anilines is 1. The number of methoxy groups -OCH3 is 1. The molecule has 0 aliphatic carbocycles. The summed E-state index contributed by atoms with van der Waals surface area (Å²) in [5.41, 5.74) is 14.0. The van der Waals surface area contributed by atoms with Crippen LogP contribution in [-0.4, -0.2) is 17.1 Å². The summed E-state index contributed by atoms with van der Waals surface area (Å²) >= 11 is 0. The van der Waals surface area contributed by atoms with Crippen LogP contribution in [0.15, 0.2) is 48.9 Å². The molecule has 2 rings (SSSR count). The number of aromatic nitrogens is 1. The zero-order chi connectivity index (χ0) is 20.1. The molecule has 0 saturated heterocycles. The fraction of sp³-hybridized carbons (Fsp3) is 0.211. The fourth-order valence-corrected chi connectivity index (χ4v) is 2.63. The van der Waals surface area contributed by atoms with Crippen LogP contribution < -0.4 is 26.8 Å². The Morgan fingerprint density at radius 2 is 2.04 bits per heavy atom. The first-order valence-electron chi connectivity index (χ1n) is 8.17. The molecule has 2 aromatic rings. The number of hydrogen-bond acceptors (Lipinski definition) is 7. The second-order valence-corrected chi connectivity index (χ2v) is 5.88. The van der Waals surface area contributed by atoms with E-state index in [1.165, 1.54) is 42.7 Å². The maximum Gasteiger partial charge on any atom is 0.166 e. The van der Waals surface area contributed by atoms with E-state index in [1.54, 1.807) is 19.9 Å². The van der Waals surface area contributed by atoms with Gasteiger partial charge in [-0.2, -0.15) is 0 Å². The van der Waals surface area contributed by atoms with E-state index in [-0.39, 0.29) is 5.82 Å². The van der Waals surface area contributed by atoms with Crippen molar-refractivity contribution in [3.05, 3.63) is 65.9 Å². The molecule has 8 heteroatoms.